The summed E-state index contributed by atoms with van der Waals surface area (Å²) < 4.78 is 27.8. The topological polar surface area (TPSA) is 113 Å². The molecule has 8 nitrogen and oxygen atoms in total. The summed E-state index contributed by atoms with van der Waals surface area (Å²) in [5.41, 5.74) is 10.2. The van der Waals surface area contributed by atoms with Gasteiger partial charge in [-0.1, -0.05) is 64.5 Å². The lowest BCUT2D eigenvalue weighted by atomic mass is 9.95. The van der Waals surface area contributed by atoms with Gasteiger partial charge in [0.2, 0.25) is 5.89 Å². The Kier molecular flexibility index (Phi) is 17.9. The van der Waals surface area contributed by atoms with Gasteiger partial charge in [-0.25, -0.2) is 13.8 Å². The molecule has 10 heteroatoms. The molecule has 4 rings (SSSR count). The van der Waals surface area contributed by atoms with E-state index in [1.165, 1.54) is 24.9 Å². The van der Waals surface area contributed by atoms with Gasteiger partial charge in [0, 0.05) is 42.4 Å². The highest BCUT2D eigenvalue weighted by molar-refractivity contribution is 6.01. The molecule has 1 fully saturated rings. The van der Waals surface area contributed by atoms with Crippen molar-refractivity contribution in [1.82, 2.24) is 14.8 Å². The molecular formula is C41H58F2N4O4. The first kappa shape index (κ1) is 43.0. The number of aromatic nitrogens is 1. The zero-order valence-corrected chi connectivity index (χ0v) is 31.6. The normalized spacial score (nSPS) is 14.2. The minimum atomic E-state index is -0.965. The Morgan fingerprint density at radius 2 is 1.69 bits per heavy atom. The Labute approximate surface area is 303 Å². The zero-order valence-electron chi connectivity index (χ0n) is 31.6. The summed E-state index contributed by atoms with van der Waals surface area (Å²) in [6.45, 7) is 17.8. The van der Waals surface area contributed by atoms with Crippen LogP contribution in [0.25, 0.3) is 11.5 Å². The molecule has 2 aromatic carbocycles. The number of rotatable bonds is 16. The number of amides is 2. The molecule has 1 aliphatic carbocycles. The second-order valence-electron chi connectivity index (χ2n) is 12.8. The largest absolute Gasteiger partial charge is 0.445 e. The van der Waals surface area contributed by atoms with E-state index in [0.717, 1.165) is 49.3 Å². The summed E-state index contributed by atoms with van der Waals surface area (Å²) in [6.07, 6.45) is 7.42. The molecule has 3 aromatic rings. The van der Waals surface area contributed by atoms with Gasteiger partial charge in [-0.15, -0.1) is 6.58 Å². The molecule has 2 atom stereocenters. The second-order valence-corrected chi connectivity index (χ2v) is 12.8. The lowest BCUT2D eigenvalue weighted by Gasteiger charge is -2.36. The number of aryl methyl sites for hydroxylation is 1. The maximum absolute atomic E-state index is 14.6. The highest BCUT2D eigenvalue weighted by Gasteiger charge is 2.52. The van der Waals surface area contributed by atoms with Crippen LogP contribution in [0, 0.1) is 0 Å². The van der Waals surface area contributed by atoms with Crippen LogP contribution < -0.4 is 5.73 Å². The van der Waals surface area contributed by atoms with E-state index in [2.05, 4.69) is 36.7 Å². The number of allylic oxidation sites excluding steroid dienone is 2. The fraction of sp³-hybridized carbons (Fsp3) is 0.488. The van der Waals surface area contributed by atoms with Gasteiger partial charge in [0.15, 0.2) is 0 Å². The van der Waals surface area contributed by atoms with E-state index < -0.39 is 30.2 Å². The number of aliphatic hydroxyl groups is 1. The van der Waals surface area contributed by atoms with E-state index in [4.69, 9.17) is 10.2 Å². The van der Waals surface area contributed by atoms with E-state index in [1.807, 2.05) is 45.6 Å². The molecule has 0 radical (unpaired) electrons. The maximum atomic E-state index is 14.6. The molecule has 280 valence electrons. The van der Waals surface area contributed by atoms with E-state index in [-0.39, 0.29) is 18.4 Å². The molecule has 1 aromatic heterocycles. The molecule has 1 aliphatic rings. The van der Waals surface area contributed by atoms with E-state index in [1.54, 1.807) is 23.1 Å². The number of hydrogen-bond acceptors (Lipinski definition) is 6. The summed E-state index contributed by atoms with van der Waals surface area (Å²) >= 11 is 0. The number of nitrogens with zero attached hydrogens (tertiary/aromatic N) is 3. The molecule has 2 unspecified atom stereocenters. The summed E-state index contributed by atoms with van der Waals surface area (Å²) in [5, 5.41) is 11.3. The van der Waals surface area contributed by atoms with Crippen LogP contribution in [-0.2, 0) is 12.0 Å². The Bertz CT molecular complexity index is 1560. The molecular weight excluding hydrogens is 650 g/mol. The van der Waals surface area contributed by atoms with E-state index in [0.29, 0.717) is 42.1 Å². The van der Waals surface area contributed by atoms with Gasteiger partial charge in [0.25, 0.3) is 11.8 Å². The number of oxazole rings is 1. The first-order valence-electron chi connectivity index (χ1n) is 18.1. The number of alkyl halides is 1. The lowest BCUT2D eigenvalue weighted by Crippen LogP contribution is -2.50. The quantitative estimate of drug-likeness (QED) is 0.144. The third-order valence-electron chi connectivity index (χ3n) is 8.54. The van der Waals surface area contributed by atoms with Crippen LogP contribution in [-0.4, -0.2) is 70.2 Å². The van der Waals surface area contributed by atoms with Crippen LogP contribution in [0.15, 0.2) is 83.4 Å². The summed E-state index contributed by atoms with van der Waals surface area (Å²) in [5.74, 6) is -0.551. The van der Waals surface area contributed by atoms with Crippen molar-refractivity contribution in [3.63, 3.8) is 0 Å². The maximum Gasteiger partial charge on any atom is 0.254 e. The van der Waals surface area contributed by atoms with Gasteiger partial charge in [-0.2, -0.15) is 0 Å². The first-order valence-corrected chi connectivity index (χ1v) is 18.1. The number of halogens is 2. The predicted octanol–water partition coefficient (Wildman–Crippen LogP) is 8.81. The predicted molar refractivity (Wildman–Crippen MR) is 202 cm³/mol. The van der Waals surface area contributed by atoms with Gasteiger partial charge in [-0.3, -0.25) is 9.59 Å². The van der Waals surface area contributed by atoms with Crippen molar-refractivity contribution in [2.75, 3.05) is 26.3 Å². The summed E-state index contributed by atoms with van der Waals surface area (Å²) in [6, 6.07) is 12.9. The molecule has 3 N–H and O–H groups in total. The minimum Gasteiger partial charge on any atom is -0.445 e. The van der Waals surface area contributed by atoms with Gasteiger partial charge >= 0.3 is 0 Å². The highest BCUT2D eigenvalue weighted by Crippen LogP contribution is 2.52. The van der Waals surface area contributed by atoms with Crippen molar-refractivity contribution in [3.05, 3.63) is 101 Å². The minimum absolute atomic E-state index is 0.0495. The fourth-order valence-electron chi connectivity index (χ4n) is 5.89. The van der Waals surface area contributed by atoms with Crippen molar-refractivity contribution >= 4 is 11.8 Å². The molecule has 0 bridgehead atoms. The monoisotopic (exact) mass is 708 g/mol. The lowest BCUT2D eigenvalue weighted by molar-refractivity contribution is 0.0409. The Hall–Kier alpha value is -4.15. The molecule has 0 saturated heterocycles. The van der Waals surface area contributed by atoms with Crippen LogP contribution in [0.1, 0.15) is 112 Å². The van der Waals surface area contributed by atoms with E-state index in [9.17, 15) is 23.5 Å². The average Bonchev–Trinajstić information content (AvgIpc) is 3.74. The van der Waals surface area contributed by atoms with Crippen molar-refractivity contribution in [1.29, 1.82) is 0 Å². The molecule has 0 aliphatic heterocycles. The molecule has 2 amide bonds. The number of nitrogens with two attached hydrogens (primary N) is 1. The molecule has 51 heavy (non-hydrogen) atoms. The Morgan fingerprint density at radius 3 is 2.16 bits per heavy atom. The SMILES string of the molecule is C/C(F)=C\CF.C=C(C)CC(N)C(O)CN(C(=O)c1cc(C(=O)N(CCC)CCC)cc(-c2ncco2)c1)C1(c2cccc(CC)c2)CC1.CC. The third-order valence-corrected chi connectivity index (χ3v) is 8.54. The van der Waals surface area contributed by atoms with Gasteiger partial charge in [0.05, 0.1) is 23.7 Å². The van der Waals surface area contributed by atoms with Crippen LogP contribution in [0.4, 0.5) is 8.78 Å². The number of carbonyl (C=O) groups excluding carboxylic acids is 2. The van der Waals surface area contributed by atoms with E-state index >= 15 is 0 Å². The number of benzene rings is 2. The Balaban J connectivity index is 0.00000102. The van der Waals surface area contributed by atoms with Gasteiger partial charge < -0.3 is 25.1 Å². The first-order chi connectivity index (χ1) is 24.4. The molecule has 1 heterocycles. The van der Waals surface area contributed by atoms with Crippen LogP contribution in [0.3, 0.4) is 0 Å². The third kappa shape index (κ3) is 12.2. The van der Waals surface area contributed by atoms with Crippen LogP contribution in [0.2, 0.25) is 0 Å². The zero-order chi connectivity index (χ0) is 38.1. The standard InChI is InChI=1S/C35H46N4O4.C4H6F2.C2H6/c1-6-15-38(16-7-2)33(41)27-20-26(32-37-14-17-43-32)21-28(22-27)34(42)39(23-31(40)30(36)18-24(4)5)35(12-13-35)29-11-9-10-25(8-3)19-29;1-4(6)2-3-5;1-2/h9-11,14,17,19-22,30-31,40H,4,6-8,12-13,15-16,18,23,36H2,1-3,5H3;2H,3H2,1H3;1-2H3/b;4-2+;. The number of hydrogen-bond donors (Lipinski definition) is 2. The second kappa shape index (κ2) is 21.3. The van der Waals surface area contributed by atoms with Crippen molar-refractivity contribution in [2.45, 2.75) is 105 Å². The smallest absolute Gasteiger partial charge is 0.254 e. The fourth-order valence-corrected chi connectivity index (χ4v) is 5.89. The molecule has 1 saturated carbocycles. The van der Waals surface area contributed by atoms with Crippen LogP contribution in [0.5, 0.6) is 0 Å². The van der Waals surface area contributed by atoms with Crippen molar-refractivity contribution in [2.24, 2.45) is 5.73 Å². The molecule has 0 spiro atoms. The van der Waals surface area contributed by atoms with Gasteiger partial charge in [-0.05, 0) is 87.8 Å². The highest BCUT2D eigenvalue weighted by atomic mass is 19.1. The van der Waals surface area contributed by atoms with Crippen molar-refractivity contribution in [3.8, 4) is 11.5 Å². The number of aliphatic hydroxyl groups excluding tert-OH is 1. The summed E-state index contributed by atoms with van der Waals surface area (Å²) in [7, 11) is 0. The number of carbonyl (C=O) groups is 2. The van der Waals surface area contributed by atoms with Crippen LogP contribution >= 0.6 is 0 Å². The average molecular weight is 709 g/mol. The van der Waals surface area contributed by atoms with Crippen molar-refractivity contribution < 1.29 is 27.9 Å². The van der Waals surface area contributed by atoms with Gasteiger partial charge in [0.1, 0.15) is 12.9 Å². The Morgan fingerprint density at radius 1 is 1.06 bits per heavy atom. The summed E-state index contributed by atoms with van der Waals surface area (Å²) in [4.78, 5) is 36.3.